The van der Waals surface area contributed by atoms with E-state index in [2.05, 4.69) is 17.4 Å². The summed E-state index contributed by atoms with van der Waals surface area (Å²) in [5.74, 6) is 1.000. The lowest BCUT2D eigenvalue weighted by Crippen LogP contribution is -2.13. The molecule has 0 bridgehead atoms. The van der Waals surface area contributed by atoms with Crippen LogP contribution >= 0.6 is 0 Å². The van der Waals surface area contributed by atoms with Crippen LogP contribution in [0.1, 0.15) is 24.8 Å². The van der Waals surface area contributed by atoms with E-state index in [1.165, 1.54) is 17.7 Å². The number of nitrogens with one attached hydrogen (secondary N) is 1. The lowest BCUT2D eigenvalue weighted by Gasteiger charge is -2.21. The Hall–Kier alpha value is -1.22. The Morgan fingerprint density at radius 3 is 3.00 bits per heavy atom. The molecule has 0 atom stereocenters. The molecule has 94 valence electrons. The summed E-state index contributed by atoms with van der Waals surface area (Å²) in [6, 6.07) is 6.31. The lowest BCUT2D eigenvalue weighted by molar-refractivity contribution is 0.184. The molecule has 0 unspecified atom stereocenters. The maximum Gasteiger partial charge on any atom is 0.142 e. The van der Waals surface area contributed by atoms with Gasteiger partial charge in [0.05, 0.1) is 12.3 Å². The van der Waals surface area contributed by atoms with Gasteiger partial charge in [0.15, 0.2) is 0 Å². The standard InChI is InChI=1S/C14H21NO2/c1-16-10-2-3-11-17-13-8-4-6-12-7-5-9-15-14(12)13/h4,6,8,15H,2-3,5,7,9-11H2,1H3. The van der Waals surface area contributed by atoms with E-state index in [0.29, 0.717) is 0 Å². The van der Waals surface area contributed by atoms with Crippen molar-refractivity contribution >= 4 is 5.69 Å². The Morgan fingerprint density at radius 1 is 1.24 bits per heavy atom. The molecule has 0 aromatic heterocycles. The largest absolute Gasteiger partial charge is 0.491 e. The van der Waals surface area contributed by atoms with Gasteiger partial charge in [0.25, 0.3) is 0 Å². The molecule has 1 aliphatic rings. The van der Waals surface area contributed by atoms with E-state index in [9.17, 15) is 0 Å². The first-order valence-electron chi connectivity index (χ1n) is 6.39. The quantitative estimate of drug-likeness (QED) is 0.769. The first-order valence-corrected chi connectivity index (χ1v) is 6.39. The molecule has 0 amide bonds. The van der Waals surface area contributed by atoms with Crippen LogP contribution in [-0.4, -0.2) is 26.9 Å². The first kappa shape index (κ1) is 12.2. The number of unbranched alkanes of at least 4 members (excludes halogenated alkanes) is 1. The Bertz CT molecular complexity index is 352. The normalized spacial score (nSPS) is 13.9. The van der Waals surface area contributed by atoms with Gasteiger partial charge in [-0.2, -0.15) is 0 Å². The van der Waals surface area contributed by atoms with Crippen LogP contribution in [0.4, 0.5) is 5.69 Å². The highest BCUT2D eigenvalue weighted by molar-refractivity contribution is 5.63. The predicted octanol–water partition coefficient (Wildman–Crippen LogP) is 2.85. The fourth-order valence-corrected chi connectivity index (χ4v) is 2.13. The van der Waals surface area contributed by atoms with Crippen LogP contribution < -0.4 is 10.1 Å². The number of para-hydroxylation sites is 1. The number of rotatable bonds is 6. The minimum absolute atomic E-state index is 0.765. The molecule has 1 heterocycles. The second kappa shape index (κ2) is 6.50. The van der Waals surface area contributed by atoms with Gasteiger partial charge in [-0.1, -0.05) is 12.1 Å². The molecule has 1 aromatic rings. The van der Waals surface area contributed by atoms with Crippen molar-refractivity contribution in [1.29, 1.82) is 0 Å². The van der Waals surface area contributed by atoms with E-state index >= 15 is 0 Å². The van der Waals surface area contributed by atoms with Crippen molar-refractivity contribution < 1.29 is 9.47 Å². The zero-order valence-corrected chi connectivity index (χ0v) is 10.5. The number of fused-ring (bicyclic) bond motifs is 1. The summed E-state index contributed by atoms with van der Waals surface area (Å²) < 4.78 is 10.8. The van der Waals surface area contributed by atoms with Crippen molar-refractivity contribution in [2.45, 2.75) is 25.7 Å². The Kier molecular flexibility index (Phi) is 4.68. The van der Waals surface area contributed by atoms with Crippen molar-refractivity contribution in [3.63, 3.8) is 0 Å². The molecule has 2 rings (SSSR count). The van der Waals surface area contributed by atoms with E-state index in [-0.39, 0.29) is 0 Å². The van der Waals surface area contributed by atoms with Gasteiger partial charge in [0.1, 0.15) is 5.75 Å². The predicted molar refractivity (Wildman–Crippen MR) is 69.9 cm³/mol. The number of aryl methyl sites for hydroxylation is 1. The maximum atomic E-state index is 5.83. The number of benzene rings is 1. The van der Waals surface area contributed by atoms with Crippen molar-refractivity contribution in [2.75, 3.05) is 32.2 Å². The molecule has 0 aliphatic carbocycles. The van der Waals surface area contributed by atoms with E-state index in [4.69, 9.17) is 9.47 Å². The number of ether oxygens (including phenoxy) is 2. The fourth-order valence-electron chi connectivity index (χ4n) is 2.13. The van der Waals surface area contributed by atoms with Crippen molar-refractivity contribution in [2.24, 2.45) is 0 Å². The van der Waals surface area contributed by atoms with Crippen LogP contribution in [-0.2, 0) is 11.2 Å². The molecule has 1 N–H and O–H groups in total. The molecule has 0 fully saturated rings. The molecule has 1 aromatic carbocycles. The van der Waals surface area contributed by atoms with E-state index in [1.54, 1.807) is 7.11 Å². The van der Waals surface area contributed by atoms with Crippen molar-refractivity contribution in [3.05, 3.63) is 23.8 Å². The van der Waals surface area contributed by atoms with E-state index < -0.39 is 0 Å². The summed E-state index contributed by atoms with van der Waals surface area (Å²) in [5.41, 5.74) is 2.58. The minimum Gasteiger partial charge on any atom is -0.491 e. The number of hydrogen-bond donors (Lipinski definition) is 1. The highest BCUT2D eigenvalue weighted by atomic mass is 16.5. The first-order chi connectivity index (χ1) is 8.42. The SMILES string of the molecule is COCCCCOc1cccc2c1NCCC2. The average molecular weight is 235 g/mol. The zero-order valence-electron chi connectivity index (χ0n) is 10.5. The van der Waals surface area contributed by atoms with Gasteiger partial charge in [0.2, 0.25) is 0 Å². The summed E-state index contributed by atoms with van der Waals surface area (Å²) in [6.45, 7) is 2.63. The molecule has 0 spiro atoms. The zero-order chi connectivity index (χ0) is 11.9. The van der Waals surface area contributed by atoms with E-state index in [0.717, 1.165) is 44.8 Å². The van der Waals surface area contributed by atoms with Gasteiger partial charge in [-0.05, 0) is 37.3 Å². The topological polar surface area (TPSA) is 30.5 Å². The third-order valence-electron chi connectivity index (χ3n) is 3.04. The van der Waals surface area contributed by atoms with Gasteiger partial charge < -0.3 is 14.8 Å². The smallest absolute Gasteiger partial charge is 0.142 e. The number of anilines is 1. The second-order valence-corrected chi connectivity index (χ2v) is 4.37. The van der Waals surface area contributed by atoms with Crippen molar-refractivity contribution in [1.82, 2.24) is 0 Å². The van der Waals surface area contributed by atoms with Gasteiger partial charge >= 0.3 is 0 Å². The Morgan fingerprint density at radius 2 is 2.12 bits per heavy atom. The number of hydrogen-bond acceptors (Lipinski definition) is 3. The Balaban J connectivity index is 1.87. The average Bonchev–Trinajstić information content (AvgIpc) is 2.39. The molecule has 3 heteroatoms. The highest BCUT2D eigenvalue weighted by Crippen LogP contribution is 2.31. The Labute approximate surface area is 103 Å². The lowest BCUT2D eigenvalue weighted by atomic mass is 10.0. The third-order valence-corrected chi connectivity index (χ3v) is 3.04. The van der Waals surface area contributed by atoms with Crippen LogP contribution in [0.5, 0.6) is 5.75 Å². The summed E-state index contributed by atoms with van der Waals surface area (Å²) in [6.07, 6.45) is 4.46. The molecule has 3 nitrogen and oxygen atoms in total. The van der Waals surface area contributed by atoms with Gasteiger partial charge in [-0.3, -0.25) is 0 Å². The summed E-state index contributed by atoms with van der Waals surface area (Å²) in [5, 5.41) is 3.43. The summed E-state index contributed by atoms with van der Waals surface area (Å²) in [7, 11) is 1.73. The van der Waals surface area contributed by atoms with Crippen LogP contribution in [0.15, 0.2) is 18.2 Å². The monoisotopic (exact) mass is 235 g/mol. The van der Waals surface area contributed by atoms with E-state index in [1.807, 2.05) is 6.07 Å². The summed E-state index contributed by atoms with van der Waals surface area (Å²) >= 11 is 0. The molecule has 17 heavy (non-hydrogen) atoms. The van der Waals surface area contributed by atoms with Crippen LogP contribution in [0.2, 0.25) is 0 Å². The van der Waals surface area contributed by atoms with Crippen LogP contribution in [0.25, 0.3) is 0 Å². The highest BCUT2D eigenvalue weighted by Gasteiger charge is 2.12. The molecule has 0 radical (unpaired) electrons. The second-order valence-electron chi connectivity index (χ2n) is 4.37. The maximum absolute atomic E-state index is 5.83. The van der Waals surface area contributed by atoms with Gasteiger partial charge in [0, 0.05) is 20.3 Å². The van der Waals surface area contributed by atoms with Crippen molar-refractivity contribution in [3.8, 4) is 5.75 Å². The van der Waals surface area contributed by atoms with Gasteiger partial charge in [-0.15, -0.1) is 0 Å². The summed E-state index contributed by atoms with van der Waals surface area (Å²) in [4.78, 5) is 0. The molecule has 0 saturated carbocycles. The molecular formula is C14H21NO2. The fraction of sp³-hybridized carbons (Fsp3) is 0.571. The van der Waals surface area contributed by atoms with Crippen LogP contribution in [0, 0.1) is 0 Å². The minimum atomic E-state index is 0.765. The molecule has 1 aliphatic heterocycles. The molecule has 0 saturated heterocycles. The number of methoxy groups -OCH3 is 1. The van der Waals surface area contributed by atoms with Gasteiger partial charge in [-0.25, -0.2) is 0 Å². The van der Waals surface area contributed by atoms with Crippen LogP contribution in [0.3, 0.4) is 0 Å². The molecular weight excluding hydrogens is 214 g/mol. The third kappa shape index (κ3) is 3.37.